The molecule has 0 spiro atoms. The molecule has 6 nitrogen and oxygen atoms in total. The van der Waals surface area contributed by atoms with Gasteiger partial charge in [-0.05, 0) is 36.2 Å². The van der Waals surface area contributed by atoms with Crippen molar-refractivity contribution in [3.63, 3.8) is 0 Å². The molecular weight excluding hydrogens is 318 g/mol. The number of anilines is 2. The van der Waals surface area contributed by atoms with Crippen molar-refractivity contribution < 1.29 is 14.3 Å². The van der Waals surface area contributed by atoms with Crippen LogP contribution in [0.4, 0.5) is 11.5 Å². The van der Waals surface area contributed by atoms with E-state index in [1.54, 1.807) is 12.3 Å². The highest BCUT2D eigenvalue weighted by atomic mass is 16.5. The van der Waals surface area contributed by atoms with Crippen LogP contribution in [0.2, 0.25) is 0 Å². The molecule has 3 rings (SSSR count). The minimum absolute atomic E-state index is 0.0433. The SMILES string of the molecule is CCc1ccc(OCC(=O)Nc2ccc(N3CCOCC3)cn2)cc1. The Morgan fingerprint density at radius 3 is 2.60 bits per heavy atom. The average Bonchev–Trinajstić information content (AvgIpc) is 2.68. The number of nitrogens with one attached hydrogen (secondary N) is 1. The molecule has 2 aromatic rings. The number of carbonyl (C=O) groups is 1. The lowest BCUT2D eigenvalue weighted by Gasteiger charge is -2.28. The third kappa shape index (κ3) is 4.93. The Morgan fingerprint density at radius 2 is 1.96 bits per heavy atom. The molecule has 1 aliphatic rings. The van der Waals surface area contributed by atoms with Gasteiger partial charge in [0.05, 0.1) is 25.1 Å². The molecule has 0 bridgehead atoms. The second-order valence-electron chi connectivity index (χ2n) is 5.84. The topological polar surface area (TPSA) is 63.7 Å². The van der Waals surface area contributed by atoms with Crippen LogP contribution in [-0.2, 0) is 16.0 Å². The summed E-state index contributed by atoms with van der Waals surface area (Å²) in [6, 6.07) is 11.5. The predicted molar refractivity (Wildman–Crippen MR) is 97.2 cm³/mol. The quantitative estimate of drug-likeness (QED) is 0.875. The summed E-state index contributed by atoms with van der Waals surface area (Å²) in [4.78, 5) is 18.5. The predicted octanol–water partition coefficient (Wildman–Crippen LogP) is 2.50. The number of carbonyl (C=O) groups excluding carboxylic acids is 1. The van der Waals surface area contributed by atoms with E-state index in [9.17, 15) is 4.79 Å². The average molecular weight is 341 g/mol. The van der Waals surface area contributed by atoms with Gasteiger partial charge in [-0.2, -0.15) is 0 Å². The Bertz CT molecular complexity index is 680. The Hall–Kier alpha value is -2.60. The van der Waals surface area contributed by atoms with Crippen molar-refractivity contribution in [1.82, 2.24) is 4.98 Å². The molecule has 1 aromatic heterocycles. The molecule has 0 atom stereocenters. The Kier molecular flexibility index (Phi) is 5.85. The largest absolute Gasteiger partial charge is 0.484 e. The number of pyridine rings is 1. The second-order valence-corrected chi connectivity index (χ2v) is 5.84. The van der Waals surface area contributed by atoms with Gasteiger partial charge in [0.15, 0.2) is 6.61 Å². The summed E-state index contributed by atoms with van der Waals surface area (Å²) in [5.41, 5.74) is 2.27. The number of aryl methyl sites for hydroxylation is 1. The monoisotopic (exact) mass is 341 g/mol. The van der Waals surface area contributed by atoms with Gasteiger partial charge in [-0.15, -0.1) is 0 Å². The number of ether oxygens (including phenoxy) is 2. The Balaban J connectivity index is 1.48. The van der Waals surface area contributed by atoms with Gasteiger partial charge >= 0.3 is 0 Å². The molecular formula is C19H23N3O3. The first-order chi connectivity index (χ1) is 12.2. The number of nitrogens with zero attached hydrogens (tertiary/aromatic N) is 2. The zero-order valence-electron chi connectivity index (χ0n) is 14.4. The fraction of sp³-hybridized carbons (Fsp3) is 0.368. The van der Waals surface area contributed by atoms with E-state index in [0.29, 0.717) is 11.6 Å². The standard InChI is InChI=1S/C19H23N3O3/c1-2-15-3-6-17(7-4-15)25-14-19(23)21-18-8-5-16(13-20-18)22-9-11-24-12-10-22/h3-8,13H,2,9-12,14H2,1H3,(H,20,21,23). The molecule has 6 heteroatoms. The summed E-state index contributed by atoms with van der Waals surface area (Å²) in [5.74, 6) is 0.973. The molecule has 1 N–H and O–H groups in total. The molecule has 25 heavy (non-hydrogen) atoms. The van der Waals surface area contributed by atoms with Gasteiger partial charge in [0.2, 0.25) is 0 Å². The van der Waals surface area contributed by atoms with Gasteiger partial charge in [0.25, 0.3) is 5.91 Å². The van der Waals surface area contributed by atoms with Gasteiger partial charge in [-0.25, -0.2) is 4.98 Å². The van der Waals surface area contributed by atoms with Crippen LogP contribution in [-0.4, -0.2) is 43.8 Å². The fourth-order valence-corrected chi connectivity index (χ4v) is 2.62. The van der Waals surface area contributed by atoms with E-state index in [1.807, 2.05) is 30.3 Å². The van der Waals surface area contributed by atoms with Gasteiger partial charge in [0.1, 0.15) is 11.6 Å². The lowest BCUT2D eigenvalue weighted by atomic mass is 10.2. The highest BCUT2D eigenvalue weighted by Crippen LogP contribution is 2.16. The van der Waals surface area contributed by atoms with Crippen molar-refractivity contribution in [2.45, 2.75) is 13.3 Å². The van der Waals surface area contributed by atoms with Gasteiger partial charge in [-0.3, -0.25) is 4.79 Å². The first-order valence-corrected chi connectivity index (χ1v) is 8.55. The molecule has 0 unspecified atom stereocenters. The van der Waals surface area contributed by atoms with Crippen molar-refractivity contribution in [1.29, 1.82) is 0 Å². The molecule has 1 aromatic carbocycles. The van der Waals surface area contributed by atoms with E-state index in [-0.39, 0.29) is 12.5 Å². The summed E-state index contributed by atoms with van der Waals surface area (Å²) in [6.07, 6.45) is 2.75. The number of benzene rings is 1. The Morgan fingerprint density at radius 1 is 1.20 bits per heavy atom. The zero-order valence-corrected chi connectivity index (χ0v) is 14.4. The molecule has 2 heterocycles. The van der Waals surface area contributed by atoms with E-state index in [4.69, 9.17) is 9.47 Å². The van der Waals surface area contributed by atoms with Crippen LogP contribution in [0, 0.1) is 0 Å². The van der Waals surface area contributed by atoms with E-state index < -0.39 is 0 Å². The maximum Gasteiger partial charge on any atom is 0.263 e. The summed E-state index contributed by atoms with van der Waals surface area (Å²) in [7, 11) is 0. The Labute approximate surface area is 147 Å². The van der Waals surface area contributed by atoms with Crippen LogP contribution in [0.5, 0.6) is 5.75 Å². The number of amides is 1. The maximum atomic E-state index is 12.0. The van der Waals surface area contributed by atoms with Crippen LogP contribution < -0.4 is 15.0 Å². The number of rotatable bonds is 6. The van der Waals surface area contributed by atoms with Gasteiger partial charge in [-0.1, -0.05) is 19.1 Å². The van der Waals surface area contributed by atoms with E-state index >= 15 is 0 Å². The van der Waals surface area contributed by atoms with E-state index in [0.717, 1.165) is 38.4 Å². The first kappa shape index (κ1) is 17.2. The van der Waals surface area contributed by atoms with E-state index in [2.05, 4.69) is 22.1 Å². The van der Waals surface area contributed by atoms with E-state index in [1.165, 1.54) is 5.56 Å². The van der Waals surface area contributed by atoms with Crippen LogP contribution in [0.15, 0.2) is 42.6 Å². The highest BCUT2D eigenvalue weighted by molar-refractivity contribution is 5.91. The van der Waals surface area contributed by atoms with Crippen molar-refractivity contribution in [2.24, 2.45) is 0 Å². The lowest BCUT2D eigenvalue weighted by molar-refractivity contribution is -0.118. The second kappa shape index (κ2) is 8.48. The summed E-state index contributed by atoms with van der Waals surface area (Å²) in [6.45, 7) is 5.24. The molecule has 1 amide bonds. The maximum absolute atomic E-state index is 12.0. The number of aromatic nitrogens is 1. The fourth-order valence-electron chi connectivity index (χ4n) is 2.62. The number of morpholine rings is 1. The highest BCUT2D eigenvalue weighted by Gasteiger charge is 2.12. The minimum Gasteiger partial charge on any atom is -0.484 e. The van der Waals surface area contributed by atoms with Crippen LogP contribution in [0.1, 0.15) is 12.5 Å². The third-order valence-corrected chi connectivity index (χ3v) is 4.09. The normalized spacial score (nSPS) is 14.2. The van der Waals surface area contributed by atoms with Gasteiger partial charge < -0.3 is 19.7 Å². The van der Waals surface area contributed by atoms with Crippen LogP contribution in [0.25, 0.3) is 0 Å². The summed E-state index contributed by atoms with van der Waals surface area (Å²) >= 11 is 0. The molecule has 1 saturated heterocycles. The van der Waals surface area contributed by atoms with Crippen molar-refractivity contribution >= 4 is 17.4 Å². The summed E-state index contributed by atoms with van der Waals surface area (Å²) < 4.78 is 10.8. The summed E-state index contributed by atoms with van der Waals surface area (Å²) in [5, 5.41) is 2.75. The lowest BCUT2D eigenvalue weighted by Crippen LogP contribution is -2.36. The number of hydrogen-bond donors (Lipinski definition) is 1. The molecule has 0 aliphatic carbocycles. The first-order valence-electron chi connectivity index (χ1n) is 8.55. The van der Waals surface area contributed by atoms with Crippen LogP contribution >= 0.6 is 0 Å². The van der Waals surface area contributed by atoms with Crippen LogP contribution in [0.3, 0.4) is 0 Å². The van der Waals surface area contributed by atoms with Crippen molar-refractivity contribution in [2.75, 3.05) is 43.1 Å². The van der Waals surface area contributed by atoms with Crippen molar-refractivity contribution in [3.05, 3.63) is 48.2 Å². The third-order valence-electron chi connectivity index (χ3n) is 4.09. The van der Waals surface area contributed by atoms with Gasteiger partial charge in [0, 0.05) is 13.1 Å². The zero-order chi connectivity index (χ0) is 17.5. The molecule has 1 fully saturated rings. The molecule has 0 radical (unpaired) electrons. The van der Waals surface area contributed by atoms with Crippen molar-refractivity contribution in [3.8, 4) is 5.75 Å². The smallest absolute Gasteiger partial charge is 0.263 e. The minimum atomic E-state index is -0.230. The molecule has 0 saturated carbocycles. The number of hydrogen-bond acceptors (Lipinski definition) is 5. The molecule has 132 valence electrons. The molecule has 1 aliphatic heterocycles.